The van der Waals surface area contributed by atoms with Gasteiger partial charge in [0.15, 0.2) is 0 Å². The first-order valence-electron chi connectivity index (χ1n) is 6.36. The lowest BCUT2D eigenvalue weighted by Gasteiger charge is -2.18. The molecule has 1 rings (SSSR count). The Kier molecular flexibility index (Phi) is 6.88. The molecule has 0 radical (unpaired) electrons. The van der Waals surface area contributed by atoms with Crippen molar-refractivity contribution in [3.63, 3.8) is 0 Å². The Bertz CT molecular complexity index is 464. The normalized spacial score (nSPS) is 13.6. The van der Waals surface area contributed by atoms with Crippen molar-refractivity contribution in [2.75, 3.05) is 0 Å². The molecule has 0 aliphatic rings. The van der Waals surface area contributed by atoms with E-state index in [4.69, 9.17) is 16.7 Å². The molecule has 1 amide bonds. The molecule has 110 valence electrons. The van der Waals surface area contributed by atoms with Crippen LogP contribution in [0.15, 0.2) is 29.2 Å². The molecule has 0 saturated carbocycles. The maximum atomic E-state index is 12.0. The van der Waals surface area contributed by atoms with Gasteiger partial charge >= 0.3 is 5.97 Å². The molecule has 0 saturated heterocycles. The third-order valence-electron chi connectivity index (χ3n) is 2.76. The van der Waals surface area contributed by atoms with Gasteiger partial charge in [-0.3, -0.25) is 9.59 Å². The van der Waals surface area contributed by atoms with Crippen LogP contribution in [0.3, 0.4) is 0 Å². The van der Waals surface area contributed by atoms with Crippen LogP contribution in [0.5, 0.6) is 0 Å². The van der Waals surface area contributed by atoms with E-state index in [0.29, 0.717) is 11.4 Å². The van der Waals surface area contributed by atoms with Crippen molar-refractivity contribution < 1.29 is 14.7 Å². The first-order valence-corrected chi connectivity index (χ1v) is 7.62. The van der Waals surface area contributed by atoms with Gasteiger partial charge in [0, 0.05) is 16.0 Å². The van der Waals surface area contributed by atoms with Gasteiger partial charge < -0.3 is 10.4 Å². The number of carboxylic acid groups (broad SMARTS) is 1. The monoisotopic (exact) mass is 315 g/mol. The summed E-state index contributed by atoms with van der Waals surface area (Å²) in [4.78, 5) is 23.6. The van der Waals surface area contributed by atoms with Gasteiger partial charge in [-0.1, -0.05) is 18.5 Å². The van der Waals surface area contributed by atoms with Crippen LogP contribution in [0, 0.1) is 0 Å². The van der Waals surface area contributed by atoms with E-state index < -0.39 is 5.97 Å². The largest absolute Gasteiger partial charge is 0.481 e. The van der Waals surface area contributed by atoms with Crippen LogP contribution in [-0.4, -0.2) is 28.3 Å². The number of aliphatic carboxylic acids is 1. The summed E-state index contributed by atoms with van der Waals surface area (Å²) in [7, 11) is 0. The summed E-state index contributed by atoms with van der Waals surface area (Å²) in [5.74, 6) is -1.06. The topological polar surface area (TPSA) is 66.4 Å². The van der Waals surface area contributed by atoms with Crippen molar-refractivity contribution in [2.24, 2.45) is 0 Å². The Morgan fingerprint density at radius 2 is 1.95 bits per heavy atom. The molecule has 1 aromatic carbocycles. The number of benzene rings is 1. The number of hydrogen-bond donors (Lipinski definition) is 2. The third kappa shape index (κ3) is 5.84. The van der Waals surface area contributed by atoms with E-state index in [0.717, 1.165) is 4.90 Å². The summed E-state index contributed by atoms with van der Waals surface area (Å²) in [5.41, 5.74) is 0. The molecular weight excluding hydrogens is 298 g/mol. The average Bonchev–Trinajstić information content (AvgIpc) is 2.39. The zero-order valence-electron chi connectivity index (χ0n) is 11.4. The van der Waals surface area contributed by atoms with Crippen molar-refractivity contribution in [3.05, 3.63) is 29.3 Å². The zero-order valence-corrected chi connectivity index (χ0v) is 13.0. The lowest BCUT2D eigenvalue weighted by Crippen LogP contribution is -2.40. The molecular formula is C14H18ClNO3S. The highest BCUT2D eigenvalue weighted by Crippen LogP contribution is 2.24. The fourth-order valence-electron chi connectivity index (χ4n) is 1.60. The van der Waals surface area contributed by atoms with Crippen LogP contribution in [0.25, 0.3) is 0 Å². The van der Waals surface area contributed by atoms with Crippen molar-refractivity contribution >= 4 is 35.2 Å². The number of carbonyl (C=O) groups excluding carboxylic acids is 1. The fraction of sp³-hybridized carbons (Fsp3) is 0.429. The zero-order chi connectivity index (χ0) is 15.1. The Morgan fingerprint density at radius 3 is 2.45 bits per heavy atom. The van der Waals surface area contributed by atoms with Crippen LogP contribution >= 0.6 is 23.4 Å². The molecule has 20 heavy (non-hydrogen) atoms. The van der Waals surface area contributed by atoms with Gasteiger partial charge in [0.05, 0.1) is 11.7 Å². The number of carbonyl (C=O) groups is 2. The molecule has 2 unspecified atom stereocenters. The van der Waals surface area contributed by atoms with E-state index in [-0.39, 0.29) is 23.6 Å². The molecule has 2 N–H and O–H groups in total. The van der Waals surface area contributed by atoms with Gasteiger partial charge in [-0.05, 0) is 37.6 Å². The molecule has 0 aliphatic heterocycles. The molecule has 0 aromatic heterocycles. The van der Waals surface area contributed by atoms with Gasteiger partial charge in [-0.15, -0.1) is 11.8 Å². The lowest BCUT2D eigenvalue weighted by atomic mass is 10.1. The summed E-state index contributed by atoms with van der Waals surface area (Å²) in [6, 6.07) is 6.92. The van der Waals surface area contributed by atoms with Crippen LogP contribution in [0.2, 0.25) is 5.02 Å². The highest BCUT2D eigenvalue weighted by molar-refractivity contribution is 8.00. The predicted molar refractivity (Wildman–Crippen MR) is 81.2 cm³/mol. The maximum absolute atomic E-state index is 12.0. The van der Waals surface area contributed by atoms with E-state index in [1.54, 1.807) is 19.1 Å². The SMILES string of the molecule is CCC(CC(=O)O)NC(=O)C(C)Sc1ccc(Cl)cc1. The first kappa shape index (κ1) is 16.9. The molecule has 0 bridgehead atoms. The number of nitrogens with one attached hydrogen (secondary N) is 1. The number of halogens is 1. The standard InChI is InChI=1S/C14H18ClNO3S/c1-3-11(8-13(17)18)16-14(19)9(2)20-12-6-4-10(15)5-7-12/h4-7,9,11H,3,8H2,1-2H3,(H,16,19)(H,17,18). The van der Waals surface area contributed by atoms with Crippen molar-refractivity contribution in [2.45, 2.75) is 42.9 Å². The second-order valence-corrected chi connectivity index (χ2v) is 6.28. The summed E-state index contributed by atoms with van der Waals surface area (Å²) < 4.78 is 0. The fourth-order valence-corrected chi connectivity index (χ4v) is 2.60. The quantitative estimate of drug-likeness (QED) is 0.758. The minimum atomic E-state index is -0.907. The molecule has 1 aromatic rings. The van der Waals surface area contributed by atoms with Gasteiger partial charge in [0.25, 0.3) is 0 Å². The van der Waals surface area contributed by atoms with Gasteiger partial charge in [0.1, 0.15) is 0 Å². The molecule has 0 fully saturated rings. The molecule has 0 spiro atoms. The van der Waals surface area contributed by atoms with Crippen molar-refractivity contribution in [1.29, 1.82) is 0 Å². The van der Waals surface area contributed by atoms with E-state index >= 15 is 0 Å². The summed E-state index contributed by atoms with van der Waals surface area (Å²) in [5, 5.41) is 11.9. The molecule has 6 heteroatoms. The highest BCUT2D eigenvalue weighted by atomic mass is 35.5. The molecule has 4 nitrogen and oxygen atoms in total. The summed E-state index contributed by atoms with van der Waals surface area (Å²) in [6.45, 7) is 3.65. The Labute approximate surface area is 127 Å². The minimum absolute atomic E-state index is 0.0550. The average molecular weight is 316 g/mol. The van der Waals surface area contributed by atoms with Gasteiger partial charge in [0.2, 0.25) is 5.91 Å². The Morgan fingerprint density at radius 1 is 1.35 bits per heavy atom. The third-order valence-corrected chi connectivity index (χ3v) is 4.12. The number of hydrogen-bond acceptors (Lipinski definition) is 3. The van der Waals surface area contributed by atoms with E-state index in [1.807, 2.05) is 19.1 Å². The Hall–Kier alpha value is -1.20. The number of thioether (sulfide) groups is 1. The molecule has 0 aliphatic carbocycles. The second-order valence-electron chi connectivity index (χ2n) is 4.43. The predicted octanol–water partition coefficient (Wildman–Crippen LogP) is 3.19. The summed E-state index contributed by atoms with van der Waals surface area (Å²) in [6.07, 6.45) is 0.539. The van der Waals surface area contributed by atoms with Crippen molar-refractivity contribution in [3.8, 4) is 0 Å². The number of rotatable bonds is 7. The number of carboxylic acids is 1. The lowest BCUT2D eigenvalue weighted by molar-refractivity contribution is -0.137. The molecule has 2 atom stereocenters. The maximum Gasteiger partial charge on any atom is 0.305 e. The molecule has 0 heterocycles. The van der Waals surface area contributed by atoms with Crippen LogP contribution in [0.1, 0.15) is 26.7 Å². The van der Waals surface area contributed by atoms with Crippen molar-refractivity contribution in [1.82, 2.24) is 5.32 Å². The minimum Gasteiger partial charge on any atom is -0.481 e. The summed E-state index contributed by atoms with van der Waals surface area (Å²) >= 11 is 7.22. The number of amides is 1. The van der Waals surface area contributed by atoms with Crippen LogP contribution in [0.4, 0.5) is 0 Å². The van der Waals surface area contributed by atoms with E-state index in [9.17, 15) is 9.59 Å². The smallest absolute Gasteiger partial charge is 0.305 e. The highest BCUT2D eigenvalue weighted by Gasteiger charge is 2.19. The van der Waals surface area contributed by atoms with Gasteiger partial charge in [-0.25, -0.2) is 0 Å². The van der Waals surface area contributed by atoms with E-state index in [1.165, 1.54) is 11.8 Å². The van der Waals surface area contributed by atoms with Crippen LogP contribution < -0.4 is 5.32 Å². The van der Waals surface area contributed by atoms with Gasteiger partial charge in [-0.2, -0.15) is 0 Å². The second kappa shape index (κ2) is 8.17. The van der Waals surface area contributed by atoms with Crippen LogP contribution in [-0.2, 0) is 9.59 Å². The first-order chi connectivity index (χ1) is 9.42. The Balaban J connectivity index is 2.53. The van der Waals surface area contributed by atoms with E-state index in [2.05, 4.69) is 5.32 Å².